The average molecular weight is 381 g/mol. The van der Waals surface area contributed by atoms with Gasteiger partial charge in [-0.25, -0.2) is 0 Å². The molecule has 2 aromatic heterocycles. The van der Waals surface area contributed by atoms with Crippen LogP contribution in [0.3, 0.4) is 0 Å². The largest absolute Gasteiger partial charge is 0.356 e. The summed E-state index contributed by atoms with van der Waals surface area (Å²) in [7, 11) is 0. The maximum atomic E-state index is 13.1. The fourth-order valence-corrected chi connectivity index (χ4v) is 4.33. The number of H-pyrrole nitrogens is 1. The summed E-state index contributed by atoms with van der Waals surface area (Å²) in [6.45, 7) is 4.30. The van der Waals surface area contributed by atoms with Crippen LogP contribution in [0, 0.1) is 5.41 Å². The minimum atomic E-state index is -0.0370. The van der Waals surface area contributed by atoms with Crippen LogP contribution in [0.5, 0.6) is 0 Å². The molecule has 0 fully saturated rings. The van der Waals surface area contributed by atoms with Crippen molar-refractivity contribution in [2.24, 2.45) is 5.41 Å². The molecule has 0 radical (unpaired) electrons. The molecule has 2 heterocycles. The Morgan fingerprint density at radius 2 is 1.72 bits per heavy atom. The van der Waals surface area contributed by atoms with E-state index in [0.29, 0.717) is 6.42 Å². The van der Waals surface area contributed by atoms with E-state index >= 15 is 0 Å². The molecule has 0 saturated carbocycles. The Balaban J connectivity index is 1.66. The number of aromatic amines is 1. The maximum Gasteiger partial charge on any atom is 0.167 e. The Labute approximate surface area is 170 Å². The SMILES string of the molecule is CC1(C)CC(=O)c2c([nH]c(-c3ccncc3)c2Nc2ccc3ccccc3c2)C1. The zero-order valence-electron chi connectivity index (χ0n) is 16.6. The topological polar surface area (TPSA) is 57.8 Å². The van der Waals surface area contributed by atoms with Crippen molar-refractivity contribution < 1.29 is 4.79 Å². The Morgan fingerprint density at radius 3 is 2.52 bits per heavy atom. The number of carbonyl (C=O) groups is 1. The second-order valence-electron chi connectivity index (χ2n) is 8.59. The van der Waals surface area contributed by atoms with Gasteiger partial charge in [0.2, 0.25) is 0 Å². The van der Waals surface area contributed by atoms with Gasteiger partial charge in [-0.1, -0.05) is 44.2 Å². The molecule has 0 bridgehead atoms. The number of rotatable bonds is 3. The van der Waals surface area contributed by atoms with Crippen LogP contribution in [0.4, 0.5) is 11.4 Å². The smallest absolute Gasteiger partial charge is 0.167 e. The lowest BCUT2D eigenvalue weighted by molar-refractivity contribution is 0.0912. The van der Waals surface area contributed by atoms with Gasteiger partial charge in [-0.05, 0) is 46.9 Å². The van der Waals surface area contributed by atoms with E-state index in [1.165, 1.54) is 10.8 Å². The number of hydrogen-bond donors (Lipinski definition) is 2. The van der Waals surface area contributed by atoms with Crippen LogP contribution in [0.1, 0.15) is 36.3 Å². The first kappa shape index (κ1) is 17.7. The molecule has 4 aromatic rings. The lowest BCUT2D eigenvalue weighted by atomic mass is 9.76. The summed E-state index contributed by atoms with van der Waals surface area (Å²) in [6.07, 6.45) is 4.97. The molecule has 2 aromatic carbocycles. The van der Waals surface area contributed by atoms with Crippen molar-refractivity contribution in [2.75, 3.05) is 5.32 Å². The molecule has 0 unspecified atom stereocenters. The Morgan fingerprint density at radius 1 is 0.966 bits per heavy atom. The zero-order chi connectivity index (χ0) is 20.0. The van der Waals surface area contributed by atoms with Gasteiger partial charge in [0.1, 0.15) is 0 Å². The lowest BCUT2D eigenvalue weighted by Crippen LogP contribution is -2.26. The number of aromatic nitrogens is 2. The zero-order valence-corrected chi connectivity index (χ0v) is 16.6. The summed E-state index contributed by atoms with van der Waals surface area (Å²) < 4.78 is 0. The van der Waals surface area contributed by atoms with E-state index in [2.05, 4.69) is 59.5 Å². The van der Waals surface area contributed by atoms with Crippen LogP contribution >= 0.6 is 0 Å². The van der Waals surface area contributed by atoms with Gasteiger partial charge in [0.05, 0.1) is 16.9 Å². The highest BCUT2D eigenvalue weighted by Crippen LogP contribution is 2.43. The molecule has 144 valence electrons. The van der Waals surface area contributed by atoms with E-state index in [9.17, 15) is 4.79 Å². The molecule has 0 amide bonds. The van der Waals surface area contributed by atoms with E-state index < -0.39 is 0 Å². The second-order valence-corrected chi connectivity index (χ2v) is 8.59. The molecule has 2 N–H and O–H groups in total. The van der Waals surface area contributed by atoms with Gasteiger partial charge in [0, 0.05) is 35.8 Å². The quantitative estimate of drug-likeness (QED) is 0.449. The van der Waals surface area contributed by atoms with Crippen LogP contribution in [-0.2, 0) is 6.42 Å². The van der Waals surface area contributed by atoms with E-state index in [-0.39, 0.29) is 11.2 Å². The molecular weight excluding hydrogens is 358 g/mol. The molecule has 1 aliphatic rings. The summed E-state index contributed by atoms with van der Waals surface area (Å²) in [5.74, 6) is 0.191. The molecular formula is C25H23N3O. The molecule has 29 heavy (non-hydrogen) atoms. The normalized spacial score (nSPS) is 15.3. The first-order valence-electron chi connectivity index (χ1n) is 9.94. The van der Waals surface area contributed by atoms with Gasteiger partial charge in [-0.2, -0.15) is 0 Å². The predicted octanol–water partition coefficient (Wildman–Crippen LogP) is 6.13. The number of anilines is 2. The van der Waals surface area contributed by atoms with Crippen molar-refractivity contribution in [3.05, 3.63) is 78.2 Å². The summed E-state index contributed by atoms with van der Waals surface area (Å²) in [5.41, 5.74) is 5.57. The third kappa shape index (κ3) is 3.21. The number of fused-ring (bicyclic) bond motifs is 2. The van der Waals surface area contributed by atoms with Gasteiger partial charge in [0.15, 0.2) is 5.78 Å². The fraction of sp³-hybridized carbons (Fsp3) is 0.200. The number of carbonyl (C=O) groups excluding carboxylic acids is 1. The summed E-state index contributed by atoms with van der Waals surface area (Å²) in [6, 6.07) is 18.5. The number of pyridine rings is 1. The first-order valence-corrected chi connectivity index (χ1v) is 9.94. The van der Waals surface area contributed by atoms with Crippen molar-refractivity contribution in [1.82, 2.24) is 9.97 Å². The number of nitrogens with one attached hydrogen (secondary N) is 2. The molecule has 4 nitrogen and oxygen atoms in total. The minimum absolute atomic E-state index is 0.0370. The lowest BCUT2D eigenvalue weighted by Gasteiger charge is -2.28. The van der Waals surface area contributed by atoms with E-state index in [0.717, 1.165) is 40.3 Å². The molecule has 5 rings (SSSR count). The van der Waals surface area contributed by atoms with Gasteiger partial charge in [-0.3, -0.25) is 9.78 Å². The van der Waals surface area contributed by atoms with Crippen LogP contribution in [0.25, 0.3) is 22.0 Å². The molecule has 0 aliphatic heterocycles. The van der Waals surface area contributed by atoms with Gasteiger partial charge in [-0.15, -0.1) is 0 Å². The standard InChI is InChI=1S/C25H23N3O/c1-25(2)14-20-22(21(29)15-25)24(23(28-20)17-9-11-26-12-10-17)27-19-8-7-16-5-3-4-6-18(16)13-19/h3-13,27-28H,14-15H2,1-2H3. The van der Waals surface area contributed by atoms with Crippen LogP contribution < -0.4 is 5.32 Å². The second kappa shape index (κ2) is 6.59. The monoisotopic (exact) mass is 381 g/mol. The Hall–Kier alpha value is -3.40. The van der Waals surface area contributed by atoms with E-state index in [1.807, 2.05) is 24.3 Å². The van der Waals surface area contributed by atoms with Crippen molar-refractivity contribution in [1.29, 1.82) is 0 Å². The summed E-state index contributed by atoms with van der Waals surface area (Å²) in [5, 5.41) is 5.92. The molecule has 0 saturated heterocycles. The number of Topliss-reactive ketones (excluding diaryl/α,β-unsaturated/α-hetero) is 1. The third-order valence-electron chi connectivity index (χ3n) is 5.64. The highest BCUT2D eigenvalue weighted by Gasteiger charge is 2.35. The summed E-state index contributed by atoms with van der Waals surface area (Å²) in [4.78, 5) is 20.8. The number of benzene rings is 2. The van der Waals surface area contributed by atoms with E-state index in [4.69, 9.17) is 0 Å². The van der Waals surface area contributed by atoms with Gasteiger partial charge in [0.25, 0.3) is 0 Å². The fourth-order valence-electron chi connectivity index (χ4n) is 4.33. The van der Waals surface area contributed by atoms with E-state index in [1.54, 1.807) is 12.4 Å². The number of ketones is 1. The van der Waals surface area contributed by atoms with Crippen molar-refractivity contribution in [3.8, 4) is 11.3 Å². The predicted molar refractivity (Wildman–Crippen MR) is 118 cm³/mol. The molecule has 1 aliphatic carbocycles. The van der Waals surface area contributed by atoms with Crippen LogP contribution in [0.2, 0.25) is 0 Å². The average Bonchev–Trinajstić information content (AvgIpc) is 3.05. The van der Waals surface area contributed by atoms with Crippen molar-refractivity contribution in [3.63, 3.8) is 0 Å². The van der Waals surface area contributed by atoms with Crippen molar-refractivity contribution in [2.45, 2.75) is 26.7 Å². The highest BCUT2D eigenvalue weighted by atomic mass is 16.1. The Bertz CT molecular complexity index is 1220. The van der Waals surface area contributed by atoms with Gasteiger partial charge >= 0.3 is 0 Å². The number of nitrogens with zero attached hydrogens (tertiary/aromatic N) is 1. The minimum Gasteiger partial charge on any atom is -0.356 e. The first-order chi connectivity index (χ1) is 14.0. The van der Waals surface area contributed by atoms with Crippen LogP contribution in [-0.4, -0.2) is 15.8 Å². The number of hydrogen-bond acceptors (Lipinski definition) is 3. The Kier molecular flexibility index (Phi) is 4.02. The molecule has 4 heteroatoms. The highest BCUT2D eigenvalue weighted by molar-refractivity contribution is 6.08. The third-order valence-corrected chi connectivity index (χ3v) is 5.64. The molecule has 0 atom stereocenters. The summed E-state index contributed by atoms with van der Waals surface area (Å²) >= 11 is 0. The van der Waals surface area contributed by atoms with Gasteiger partial charge < -0.3 is 10.3 Å². The van der Waals surface area contributed by atoms with Crippen molar-refractivity contribution >= 4 is 27.9 Å². The maximum absolute atomic E-state index is 13.1. The van der Waals surface area contributed by atoms with Crippen LogP contribution in [0.15, 0.2) is 67.0 Å². The molecule has 0 spiro atoms.